The summed E-state index contributed by atoms with van der Waals surface area (Å²) < 4.78 is 5.62. The summed E-state index contributed by atoms with van der Waals surface area (Å²) in [4.78, 5) is 7.06. The largest absolute Gasteiger partial charge is 0.381 e. The van der Waals surface area contributed by atoms with E-state index in [0.29, 0.717) is 5.92 Å². The van der Waals surface area contributed by atoms with Crippen molar-refractivity contribution in [1.82, 2.24) is 4.98 Å². The summed E-state index contributed by atoms with van der Waals surface area (Å²) >= 11 is 0. The van der Waals surface area contributed by atoms with E-state index in [-0.39, 0.29) is 0 Å². The first-order valence-corrected chi connectivity index (χ1v) is 7.96. The van der Waals surface area contributed by atoms with Gasteiger partial charge in [-0.3, -0.25) is 4.98 Å². The lowest BCUT2D eigenvalue weighted by Gasteiger charge is -2.35. The van der Waals surface area contributed by atoms with Crippen LogP contribution in [0, 0.1) is 12.8 Å². The number of hydrogen-bond donors (Lipinski definition) is 0. The molecule has 112 valence electrons. The van der Waals surface area contributed by atoms with E-state index < -0.39 is 0 Å². The van der Waals surface area contributed by atoms with Gasteiger partial charge in [0, 0.05) is 37.0 Å². The number of ether oxygens (including phenoxy) is 1. The molecule has 1 aliphatic heterocycles. The molecule has 1 atom stereocenters. The van der Waals surface area contributed by atoms with Gasteiger partial charge in [0.15, 0.2) is 0 Å². The van der Waals surface area contributed by atoms with Crippen LogP contribution in [0.3, 0.4) is 0 Å². The van der Waals surface area contributed by atoms with Gasteiger partial charge in [-0.25, -0.2) is 0 Å². The van der Waals surface area contributed by atoms with Gasteiger partial charge >= 0.3 is 0 Å². The molecule has 3 nitrogen and oxygen atoms in total. The molecular weight excluding hydrogens is 260 g/mol. The first-order chi connectivity index (χ1) is 10.3. The number of fused-ring (bicyclic) bond motifs is 1. The van der Waals surface area contributed by atoms with Crippen LogP contribution in [0.2, 0.25) is 0 Å². The van der Waals surface area contributed by atoms with Gasteiger partial charge in [-0.05, 0) is 44.2 Å². The van der Waals surface area contributed by atoms with Gasteiger partial charge in [-0.15, -0.1) is 0 Å². The molecule has 0 radical (unpaired) electrons. The van der Waals surface area contributed by atoms with E-state index in [2.05, 4.69) is 48.0 Å². The Morgan fingerprint density at radius 1 is 1.33 bits per heavy atom. The fourth-order valence-corrected chi connectivity index (χ4v) is 3.29. The van der Waals surface area contributed by atoms with Crippen molar-refractivity contribution >= 4 is 16.6 Å². The molecule has 0 spiro atoms. The lowest BCUT2D eigenvalue weighted by Crippen LogP contribution is -2.37. The monoisotopic (exact) mass is 284 g/mol. The van der Waals surface area contributed by atoms with Crippen LogP contribution in [-0.2, 0) is 4.74 Å². The average molecular weight is 284 g/mol. The van der Waals surface area contributed by atoms with Gasteiger partial charge in [-0.2, -0.15) is 0 Å². The Balaban J connectivity index is 1.88. The SMILES string of the molecule is CCOCC1CCCN(c2ccnc3c(C)cccc23)C1. The van der Waals surface area contributed by atoms with Crippen LogP contribution < -0.4 is 4.90 Å². The minimum Gasteiger partial charge on any atom is -0.381 e. The van der Waals surface area contributed by atoms with Crippen molar-refractivity contribution in [3.05, 3.63) is 36.0 Å². The molecular formula is C18H24N2O. The molecule has 0 amide bonds. The number of pyridine rings is 1. The zero-order valence-corrected chi connectivity index (χ0v) is 13.0. The number of hydrogen-bond acceptors (Lipinski definition) is 3. The minimum atomic E-state index is 0.645. The molecule has 1 aromatic carbocycles. The Kier molecular flexibility index (Phi) is 4.39. The molecule has 3 heteroatoms. The molecule has 2 aromatic rings. The number of aryl methyl sites for hydroxylation is 1. The molecule has 1 unspecified atom stereocenters. The molecule has 0 N–H and O–H groups in total. The summed E-state index contributed by atoms with van der Waals surface area (Å²) in [7, 11) is 0. The quantitative estimate of drug-likeness (QED) is 0.854. The Morgan fingerprint density at radius 2 is 2.24 bits per heavy atom. The fraction of sp³-hybridized carbons (Fsp3) is 0.500. The van der Waals surface area contributed by atoms with Gasteiger partial charge in [-0.1, -0.05) is 18.2 Å². The number of piperidine rings is 1. The topological polar surface area (TPSA) is 25.4 Å². The second kappa shape index (κ2) is 6.44. The van der Waals surface area contributed by atoms with Crippen molar-refractivity contribution in [2.24, 2.45) is 5.92 Å². The number of rotatable bonds is 4. The number of nitrogens with zero attached hydrogens (tertiary/aromatic N) is 2. The Bertz CT molecular complexity index is 611. The van der Waals surface area contributed by atoms with Gasteiger partial charge in [0.2, 0.25) is 0 Å². The molecule has 3 rings (SSSR count). The predicted octanol–water partition coefficient (Wildman–Crippen LogP) is 3.80. The number of benzene rings is 1. The maximum absolute atomic E-state index is 5.62. The maximum Gasteiger partial charge on any atom is 0.0751 e. The van der Waals surface area contributed by atoms with E-state index >= 15 is 0 Å². The zero-order chi connectivity index (χ0) is 14.7. The van der Waals surface area contributed by atoms with Gasteiger partial charge in [0.25, 0.3) is 0 Å². The summed E-state index contributed by atoms with van der Waals surface area (Å²) in [6.45, 7) is 8.12. The Hall–Kier alpha value is -1.61. The van der Waals surface area contributed by atoms with E-state index in [1.165, 1.54) is 29.5 Å². The fourth-order valence-electron chi connectivity index (χ4n) is 3.29. The smallest absolute Gasteiger partial charge is 0.0751 e. The second-order valence-corrected chi connectivity index (χ2v) is 5.91. The lowest BCUT2D eigenvalue weighted by atomic mass is 9.97. The lowest BCUT2D eigenvalue weighted by molar-refractivity contribution is 0.104. The van der Waals surface area contributed by atoms with Gasteiger partial charge in [0.1, 0.15) is 0 Å². The van der Waals surface area contributed by atoms with Crippen molar-refractivity contribution in [3.8, 4) is 0 Å². The second-order valence-electron chi connectivity index (χ2n) is 5.91. The van der Waals surface area contributed by atoms with Crippen LogP contribution >= 0.6 is 0 Å². The van der Waals surface area contributed by atoms with Crippen molar-refractivity contribution in [1.29, 1.82) is 0 Å². The first-order valence-electron chi connectivity index (χ1n) is 7.96. The third-order valence-electron chi connectivity index (χ3n) is 4.37. The zero-order valence-electron chi connectivity index (χ0n) is 13.0. The van der Waals surface area contributed by atoms with E-state index in [1.807, 2.05) is 6.20 Å². The van der Waals surface area contributed by atoms with Gasteiger partial charge < -0.3 is 9.64 Å². The molecule has 1 aromatic heterocycles. The van der Waals surface area contributed by atoms with Gasteiger partial charge in [0.05, 0.1) is 12.1 Å². The van der Waals surface area contributed by atoms with E-state index in [0.717, 1.165) is 31.8 Å². The highest BCUT2D eigenvalue weighted by Crippen LogP contribution is 2.30. The third kappa shape index (κ3) is 3.03. The van der Waals surface area contributed by atoms with Crippen molar-refractivity contribution in [2.45, 2.75) is 26.7 Å². The molecule has 0 bridgehead atoms. The standard InChI is InChI=1S/C18H24N2O/c1-3-21-13-15-7-5-11-20(12-15)17-9-10-19-18-14(2)6-4-8-16(17)18/h4,6,8-10,15H,3,5,7,11-13H2,1-2H3. The molecule has 1 aliphatic rings. The van der Waals surface area contributed by atoms with E-state index in [4.69, 9.17) is 4.74 Å². The minimum absolute atomic E-state index is 0.645. The number of para-hydroxylation sites is 1. The highest BCUT2D eigenvalue weighted by molar-refractivity contribution is 5.93. The summed E-state index contributed by atoms with van der Waals surface area (Å²) in [5, 5.41) is 1.27. The maximum atomic E-state index is 5.62. The van der Waals surface area contributed by atoms with Crippen LogP contribution in [0.1, 0.15) is 25.3 Å². The van der Waals surface area contributed by atoms with Crippen molar-refractivity contribution in [3.63, 3.8) is 0 Å². The Morgan fingerprint density at radius 3 is 3.10 bits per heavy atom. The van der Waals surface area contributed by atoms with Crippen molar-refractivity contribution in [2.75, 3.05) is 31.2 Å². The molecule has 0 saturated carbocycles. The summed E-state index contributed by atoms with van der Waals surface area (Å²) in [6.07, 6.45) is 4.46. The van der Waals surface area contributed by atoms with Crippen LogP contribution in [0.4, 0.5) is 5.69 Å². The molecule has 1 fully saturated rings. The van der Waals surface area contributed by atoms with Crippen LogP contribution in [0.5, 0.6) is 0 Å². The van der Waals surface area contributed by atoms with Crippen LogP contribution in [0.25, 0.3) is 10.9 Å². The summed E-state index contributed by atoms with van der Waals surface area (Å²) in [5.41, 5.74) is 3.70. The summed E-state index contributed by atoms with van der Waals surface area (Å²) in [6, 6.07) is 8.61. The highest BCUT2D eigenvalue weighted by Gasteiger charge is 2.21. The van der Waals surface area contributed by atoms with Crippen LogP contribution in [0.15, 0.2) is 30.5 Å². The number of anilines is 1. The summed E-state index contributed by atoms with van der Waals surface area (Å²) in [5.74, 6) is 0.645. The van der Waals surface area contributed by atoms with E-state index in [1.54, 1.807) is 0 Å². The molecule has 1 saturated heterocycles. The highest BCUT2D eigenvalue weighted by atomic mass is 16.5. The molecule has 21 heavy (non-hydrogen) atoms. The van der Waals surface area contributed by atoms with Crippen LogP contribution in [-0.4, -0.2) is 31.3 Å². The Labute approximate surface area is 126 Å². The average Bonchev–Trinajstić information content (AvgIpc) is 2.53. The molecule has 2 heterocycles. The number of aromatic nitrogens is 1. The normalized spacial score (nSPS) is 19.1. The van der Waals surface area contributed by atoms with Crippen molar-refractivity contribution < 1.29 is 4.74 Å². The van der Waals surface area contributed by atoms with E-state index in [9.17, 15) is 0 Å². The predicted molar refractivity (Wildman–Crippen MR) is 87.9 cm³/mol. The third-order valence-corrected chi connectivity index (χ3v) is 4.37. The first kappa shape index (κ1) is 14.3. The molecule has 0 aliphatic carbocycles.